The number of halogens is 1. The smallest absolute Gasteiger partial charge is 0.309 e. The number of hydrogen-bond acceptors (Lipinski definition) is 2. The fraction of sp³-hybridized carbons (Fsp3) is 0.462. The fourth-order valence-corrected chi connectivity index (χ4v) is 1.89. The lowest BCUT2D eigenvalue weighted by Crippen LogP contribution is -2.06. The predicted molar refractivity (Wildman–Crippen MR) is 69.0 cm³/mol. The highest BCUT2D eigenvalue weighted by Crippen LogP contribution is 2.14. The molecule has 0 aliphatic heterocycles. The minimum Gasteiger partial charge on any atom is -0.469 e. The quantitative estimate of drug-likeness (QED) is 0.614. The Balaban J connectivity index is 2.71. The molecule has 3 heteroatoms. The van der Waals surface area contributed by atoms with Crippen LogP contribution in [0, 0.1) is 6.92 Å². The molecule has 0 heterocycles. The maximum atomic E-state index is 11.2. The summed E-state index contributed by atoms with van der Waals surface area (Å²) in [6, 6.07) is 6.27. The molecule has 0 saturated heterocycles. The van der Waals surface area contributed by atoms with E-state index in [4.69, 9.17) is 0 Å². The molecule has 1 aromatic carbocycles. The van der Waals surface area contributed by atoms with Crippen LogP contribution in [0.3, 0.4) is 0 Å². The molecular formula is C13H17BrO2. The first-order chi connectivity index (χ1) is 7.67. The normalized spacial score (nSPS) is 10.2. The molecule has 0 aliphatic carbocycles. The van der Waals surface area contributed by atoms with Crippen molar-refractivity contribution < 1.29 is 9.53 Å². The van der Waals surface area contributed by atoms with Gasteiger partial charge in [-0.3, -0.25) is 4.79 Å². The van der Waals surface area contributed by atoms with Gasteiger partial charge in [-0.05, 0) is 36.5 Å². The SMILES string of the molecule is COC(=O)Cc1ccc(CCCBr)cc1C. The highest BCUT2D eigenvalue weighted by molar-refractivity contribution is 9.09. The second-order valence-electron chi connectivity index (χ2n) is 3.81. The summed E-state index contributed by atoms with van der Waals surface area (Å²) in [5, 5.41) is 1.02. The fourth-order valence-electron chi connectivity index (χ4n) is 1.61. The van der Waals surface area contributed by atoms with E-state index in [0.29, 0.717) is 6.42 Å². The molecular weight excluding hydrogens is 268 g/mol. The van der Waals surface area contributed by atoms with E-state index in [1.165, 1.54) is 12.7 Å². The number of methoxy groups -OCH3 is 1. The largest absolute Gasteiger partial charge is 0.469 e. The van der Waals surface area contributed by atoms with Gasteiger partial charge in [-0.2, -0.15) is 0 Å². The molecule has 0 aliphatic rings. The van der Waals surface area contributed by atoms with Gasteiger partial charge in [0.1, 0.15) is 0 Å². The number of carbonyl (C=O) groups is 1. The zero-order valence-electron chi connectivity index (χ0n) is 9.75. The second kappa shape index (κ2) is 6.69. The highest BCUT2D eigenvalue weighted by atomic mass is 79.9. The van der Waals surface area contributed by atoms with E-state index in [2.05, 4.69) is 32.8 Å². The van der Waals surface area contributed by atoms with E-state index in [1.807, 2.05) is 13.0 Å². The highest BCUT2D eigenvalue weighted by Gasteiger charge is 2.06. The maximum Gasteiger partial charge on any atom is 0.309 e. The van der Waals surface area contributed by atoms with Crippen molar-refractivity contribution in [2.45, 2.75) is 26.2 Å². The second-order valence-corrected chi connectivity index (χ2v) is 4.60. The van der Waals surface area contributed by atoms with E-state index >= 15 is 0 Å². The molecule has 1 rings (SSSR count). The molecule has 0 N–H and O–H groups in total. The van der Waals surface area contributed by atoms with Gasteiger partial charge in [-0.25, -0.2) is 0 Å². The summed E-state index contributed by atoms with van der Waals surface area (Å²) in [6.45, 7) is 2.04. The van der Waals surface area contributed by atoms with Gasteiger partial charge in [0, 0.05) is 5.33 Å². The summed E-state index contributed by atoms with van der Waals surface area (Å²) in [7, 11) is 1.42. The predicted octanol–water partition coefficient (Wildman–Crippen LogP) is 3.04. The van der Waals surface area contributed by atoms with E-state index < -0.39 is 0 Å². The van der Waals surface area contributed by atoms with Crippen molar-refractivity contribution in [2.75, 3.05) is 12.4 Å². The van der Waals surface area contributed by atoms with E-state index in [0.717, 1.165) is 29.3 Å². The molecule has 0 aromatic heterocycles. The Morgan fingerprint density at radius 1 is 1.44 bits per heavy atom. The topological polar surface area (TPSA) is 26.3 Å². The maximum absolute atomic E-state index is 11.2. The number of benzene rings is 1. The average molecular weight is 285 g/mol. The molecule has 1 aromatic rings. The summed E-state index contributed by atoms with van der Waals surface area (Å²) in [5.74, 6) is -0.184. The number of aryl methyl sites for hydroxylation is 2. The van der Waals surface area contributed by atoms with E-state index in [1.54, 1.807) is 0 Å². The molecule has 88 valence electrons. The molecule has 16 heavy (non-hydrogen) atoms. The lowest BCUT2D eigenvalue weighted by atomic mass is 10.0. The van der Waals surface area contributed by atoms with Crippen LogP contribution in [0.1, 0.15) is 23.1 Å². The van der Waals surface area contributed by atoms with Gasteiger partial charge in [-0.1, -0.05) is 34.1 Å². The average Bonchev–Trinajstić information content (AvgIpc) is 2.29. The van der Waals surface area contributed by atoms with Gasteiger partial charge in [0.05, 0.1) is 13.5 Å². The van der Waals surface area contributed by atoms with Crippen molar-refractivity contribution in [1.29, 1.82) is 0 Å². The number of rotatable bonds is 5. The summed E-state index contributed by atoms with van der Waals surface area (Å²) >= 11 is 3.42. The number of carbonyl (C=O) groups excluding carboxylic acids is 1. The van der Waals surface area contributed by atoms with Gasteiger partial charge in [0.2, 0.25) is 0 Å². The van der Waals surface area contributed by atoms with Crippen LogP contribution in [0.5, 0.6) is 0 Å². The Morgan fingerprint density at radius 2 is 2.19 bits per heavy atom. The van der Waals surface area contributed by atoms with Crippen molar-refractivity contribution in [2.24, 2.45) is 0 Å². The van der Waals surface area contributed by atoms with E-state index in [9.17, 15) is 4.79 Å². The van der Waals surface area contributed by atoms with Crippen LogP contribution in [0.25, 0.3) is 0 Å². The Morgan fingerprint density at radius 3 is 2.75 bits per heavy atom. The van der Waals surface area contributed by atoms with Crippen molar-refractivity contribution in [1.82, 2.24) is 0 Å². The van der Waals surface area contributed by atoms with Gasteiger partial charge < -0.3 is 4.74 Å². The summed E-state index contributed by atoms with van der Waals surface area (Å²) in [5.41, 5.74) is 3.54. The Bertz CT molecular complexity index is 361. The van der Waals surface area contributed by atoms with Crippen LogP contribution >= 0.6 is 15.9 Å². The van der Waals surface area contributed by atoms with Crippen LogP contribution in [-0.2, 0) is 22.4 Å². The van der Waals surface area contributed by atoms with Gasteiger partial charge in [-0.15, -0.1) is 0 Å². The lowest BCUT2D eigenvalue weighted by Gasteiger charge is -2.07. The zero-order chi connectivity index (χ0) is 12.0. The van der Waals surface area contributed by atoms with Crippen molar-refractivity contribution in [3.8, 4) is 0 Å². The third-order valence-electron chi connectivity index (χ3n) is 2.57. The molecule has 0 bridgehead atoms. The first-order valence-corrected chi connectivity index (χ1v) is 6.50. The summed E-state index contributed by atoms with van der Waals surface area (Å²) in [4.78, 5) is 11.2. The number of alkyl halides is 1. The third-order valence-corrected chi connectivity index (χ3v) is 3.13. The van der Waals surface area contributed by atoms with Crippen LogP contribution in [0.2, 0.25) is 0 Å². The van der Waals surface area contributed by atoms with Crippen LogP contribution in [0.4, 0.5) is 0 Å². The third kappa shape index (κ3) is 3.97. The van der Waals surface area contributed by atoms with Crippen molar-refractivity contribution in [3.05, 3.63) is 34.9 Å². The van der Waals surface area contributed by atoms with E-state index in [-0.39, 0.29) is 5.97 Å². The molecule has 0 saturated carbocycles. The van der Waals surface area contributed by atoms with Gasteiger partial charge in [0.25, 0.3) is 0 Å². The molecule has 0 amide bonds. The Kier molecular flexibility index (Phi) is 5.53. The lowest BCUT2D eigenvalue weighted by molar-refractivity contribution is -0.139. The molecule has 0 atom stereocenters. The van der Waals surface area contributed by atoms with Crippen LogP contribution in [0.15, 0.2) is 18.2 Å². The zero-order valence-corrected chi connectivity index (χ0v) is 11.3. The Hall–Kier alpha value is -0.830. The monoisotopic (exact) mass is 284 g/mol. The van der Waals surface area contributed by atoms with Crippen LogP contribution < -0.4 is 0 Å². The van der Waals surface area contributed by atoms with Crippen molar-refractivity contribution in [3.63, 3.8) is 0 Å². The molecule has 0 radical (unpaired) electrons. The van der Waals surface area contributed by atoms with Gasteiger partial charge in [0.15, 0.2) is 0 Å². The number of esters is 1. The first kappa shape index (κ1) is 13.2. The first-order valence-electron chi connectivity index (χ1n) is 5.38. The van der Waals surface area contributed by atoms with Crippen LogP contribution in [-0.4, -0.2) is 18.4 Å². The minimum atomic E-state index is -0.184. The Labute approximate surface area is 105 Å². The molecule has 0 fully saturated rings. The van der Waals surface area contributed by atoms with Crippen molar-refractivity contribution >= 4 is 21.9 Å². The molecule has 0 spiro atoms. The minimum absolute atomic E-state index is 0.184. The summed E-state index contributed by atoms with van der Waals surface area (Å²) in [6.07, 6.45) is 2.57. The number of ether oxygens (including phenoxy) is 1. The molecule has 2 nitrogen and oxygen atoms in total. The standard InChI is InChI=1S/C13H17BrO2/c1-10-8-11(4-3-7-14)5-6-12(10)9-13(15)16-2/h5-6,8H,3-4,7,9H2,1-2H3. The number of hydrogen-bond donors (Lipinski definition) is 0. The van der Waals surface area contributed by atoms with Gasteiger partial charge >= 0.3 is 5.97 Å². The molecule has 0 unspecified atom stereocenters. The summed E-state index contributed by atoms with van der Waals surface area (Å²) < 4.78 is 4.66.